The lowest BCUT2D eigenvalue weighted by Gasteiger charge is -2.22. The maximum absolute atomic E-state index is 13.8. The molecule has 1 aliphatic rings. The van der Waals surface area contributed by atoms with E-state index < -0.39 is 53.3 Å². The monoisotopic (exact) mass is 475 g/mol. The van der Waals surface area contributed by atoms with E-state index in [4.69, 9.17) is 0 Å². The Balaban J connectivity index is 1.56. The molecule has 34 heavy (non-hydrogen) atoms. The summed E-state index contributed by atoms with van der Waals surface area (Å²) >= 11 is 0. The van der Waals surface area contributed by atoms with Crippen LogP contribution in [0.3, 0.4) is 0 Å². The van der Waals surface area contributed by atoms with Crippen molar-refractivity contribution in [1.29, 1.82) is 0 Å². The van der Waals surface area contributed by atoms with Crippen molar-refractivity contribution >= 4 is 29.3 Å². The number of hydrogen-bond acceptors (Lipinski definition) is 4. The zero-order chi connectivity index (χ0) is 25.0. The van der Waals surface area contributed by atoms with Gasteiger partial charge in [0.05, 0.1) is 23.4 Å². The Labute approximate surface area is 194 Å². The molecule has 0 bridgehead atoms. The second-order valence-corrected chi connectivity index (χ2v) is 8.00. The van der Waals surface area contributed by atoms with Gasteiger partial charge >= 0.3 is 0 Å². The summed E-state index contributed by atoms with van der Waals surface area (Å²) in [6.07, 6.45) is 0.707. The van der Waals surface area contributed by atoms with E-state index in [1.165, 1.54) is 4.90 Å². The molecule has 2 aromatic rings. The van der Waals surface area contributed by atoms with Gasteiger partial charge in [-0.1, -0.05) is 18.6 Å². The van der Waals surface area contributed by atoms with E-state index in [2.05, 4.69) is 5.32 Å². The highest BCUT2D eigenvalue weighted by Gasteiger charge is 2.35. The van der Waals surface area contributed by atoms with Gasteiger partial charge in [0.1, 0.15) is 0 Å². The van der Waals surface area contributed by atoms with Crippen molar-refractivity contribution in [3.63, 3.8) is 0 Å². The predicted molar refractivity (Wildman–Crippen MR) is 118 cm³/mol. The molecule has 3 rings (SSSR count). The van der Waals surface area contributed by atoms with E-state index in [1.54, 1.807) is 25.1 Å². The quantitative estimate of drug-likeness (QED) is 0.443. The van der Waals surface area contributed by atoms with E-state index in [9.17, 15) is 32.3 Å². The highest BCUT2D eigenvalue weighted by molar-refractivity contribution is 6.21. The number of carbonyl (C=O) groups excluding carboxylic acids is 4. The van der Waals surface area contributed by atoms with Crippen molar-refractivity contribution in [2.75, 3.05) is 25.0 Å². The SMILES string of the molecule is CCCN(CC(=O)Nc1ccc(F)c(F)c1F)C(=O)CCCN1C(=O)c2ccc(C)cc2C1=O. The third kappa shape index (κ3) is 5.27. The molecule has 4 amide bonds. The van der Waals surface area contributed by atoms with Gasteiger partial charge in [0.15, 0.2) is 17.5 Å². The Morgan fingerprint density at radius 3 is 2.41 bits per heavy atom. The zero-order valence-electron chi connectivity index (χ0n) is 18.8. The maximum atomic E-state index is 13.8. The Morgan fingerprint density at radius 1 is 1.00 bits per heavy atom. The Hall–Kier alpha value is -3.69. The summed E-state index contributed by atoms with van der Waals surface area (Å²) in [6.45, 7) is 3.48. The molecule has 0 saturated carbocycles. The second-order valence-electron chi connectivity index (χ2n) is 8.00. The van der Waals surface area contributed by atoms with E-state index in [0.717, 1.165) is 16.5 Å². The molecule has 0 spiro atoms. The second kappa shape index (κ2) is 10.5. The Kier molecular flexibility index (Phi) is 7.70. The van der Waals surface area contributed by atoms with E-state index in [0.29, 0.717) is 23.6 Å². The molecule has 0 radical (unpaired) electrons. The average Bonchev–Trinajstić information content (AvgIpc) is 3.03. The molecule has 0 aliphatic carbocycles. The van der Waals surface area contributed by atoms with Gasteiger partial charge in [0.25, 0.3) is 11.8 Å². The van der Waals surface area contributed by atoms with Gasteiger partial charge < -0.3 is 10.2 Å². The van der Waals surface area contributed by atoms with Gasteiger partial charge in [0, 0.05) is 19.5 Å². The first-order valence-corrected chi connectivity index (χ1v) is 10.8. The van der Waals surface area contributed by atoms with Crippen LogP contribution >= 0.6 is 0 Å². The van der Waals surface area contributed by atoms with Crippen LogP contribution in [0.4, 0.5) is 18.9 Å². The molecule has 10 heteroatoms. The van der Waals surface area contributed by atoms with Crippen LogP contribution in [0.25, 0.3) is 0 Å². The van der Waals surface area contributed by atoms with Crippen molar-refractivity contribution in [2.24, 2.45) is 0 Å². The van der Waals surface area contributed by atoms with E-state index in [-0.39, 0.29) is 25.9 Å². The molecule has 0 saturated heterocycles. The number of aryl methyl sites for hydroxylation is 1. The minimum absolute atomic E-state index is 0.0285. The van der Waals surface area contributed by atoms with Crippen LogP contribution in [0.1, 0.15) is 52.5 Å². The molecule has 180 valence electrons. The number of fused-ring (bicyclic) bond motifs is 1. The number of carbonyl (C=O) groups is 4. The van der Waals surface area contributed by atoms with Crippen molar-refractivity contribution in [2.45, 2.75) is 33.1 Å². The number of amides is 4. The Morgan fingerprint density at radius 2 is 1.71 bits per heavy atom. The van der Waals surface area contributed by atoms with Gasteiger partial charge in [-0.05, 0) is 44.0 Å². The van der Waals surface area contributed by atoms with Crippen LogP contribution in [0.5, 0.6) is 0 Å². The summed E-state index contributed by atoms with van der Waals surface area (Å²) in [7, 11) is 0. The molecule has 0 unspecified atom stereocenters. The maximum Gasteiger partial charge on any atom is 0.261 e. The standard InChI is InChI=1S/C24H24F3N3O4/c1-3-10-29(13-19(31)28-18-9-8-17(25)21(26)22(18)27)20(32)5-4-11-30-23(33)15-7-6-14(2)12-16(15)24(30)34/h6-9,12H,3-5,10-11,13H2,1-2H3,(H,28,31). The number of anilines is 1. The van der Waals surface area contributed by atoms with Crippen LogP contribution in [0.15, 0.2) is 30.3 Å². The fourth-order valence-electron chi connectivity index (χ4n) is 3.70. The van der Waals surface area contributed by atoms with Crippen LogP contribution in [-0.4, -0.2) is 53.1 Å². The fourth-order valence-corrected chi connectivity index (χ4v) is 3.70. The van der Waals surface area contributed by atoms with Gasteiger partial charge in [-0.2, -0.15) is 0 Å². The van der Waals surface area contributed by atoms with Gasteiger partial charge in [-0.25, -0.2) is 13.2 Å². The zero-order valence-corrected chi connectivity index (χ0v) is 18.8. The van der Waals surface area contributed by atoms with Crippen LogP contribution in [0.2, 0.25) is 0 Å². The van der Waals surface area contributed by atoms with Gasteiger partial charge in [0.2, 0.25) is 11.8 Å². The predicted octanol–water partition coefficient (Wildman–Crippen LogP) is 3.67. The highest BCUT2D eigenvalue weighted by atomic mass is 19.2. The summed E-state index contributed by atoms with van der Waals surface area (Å²) in [4.78, 5) is 52.3. The summed E-state index contributed by atoms with van der Waals surface area (Å²) in [5, 5.41) is 2.14. The first-order valence-electron chi connectivity index (χ1n) is 10.8. The largest absolute Gasteiger partial charge is 0.333 e. The van der Waals surface area contributed by atoms with E-state index in [1.807, 2.05) is 6.92 Å². The van der Waals surface area contributed by atoms with Gasteiger partial charge in [-0.15, -0.1) is 0 Å². The van der Waals surface area contributed by atoms with Crippen LogP contribution in [0, 0.1) is 24.4 Å². The molecule has 0 fully saturated rings. The average molecular weight is 475 g/mol. The molecule has 7 nitrogen and oxygen atoms in total. The Bertz CT molecular complexity index is 1150. The topological polar surface area (TPSA) is 86.8 Å². The molecular weight excluding hydrogens is 451 g/mol. The summed E-state index contributed by atoms with van der Waals surface area (Å²) in [5.41, 5.74) is 0.989. The first kappa shape index (κ1) is 24.9. The van der Waals surface area contributed by atoms with Crippen LogP contribution in [-0.2, 0) is 9.59 Å². The lowest BCUT2D eigenvalue weighted by atomic mass is 10.1. The number of hydrogen-bond donors (Lipinski definition) is 1. The summed E-state index contributed by atoms with van der Waals surface area (Å²) in [5.74, 6) is -6.61. The van der Waals surface area contributed by atoms with Crippen molar-refractivity contribution in [1.82, 2.24) is 9.80 Å². The number of rotatable bonds is 9. The van der Waals surface area contributed by atoms with E-state index >= 15 is 0 Å². The summed E-state index contributed by atoms with van der Waals surface area (Å²) in [6, 6.07) is 6.58. The van der Waals surface area contributed by atoms with Crippen molar-refractivity contribution in [3.8, 4) is 0 Å². The molecule has 0 atom stereocenters. The molecular formula is C24H24F3N3O4. The number of halogens is 3. The fraction of sp³-hybridized carbons (Fsp3) is 0.333. The number of nitrogens with one attached hydrogen (secondary N) is 1. The normalized spacial score (nSPS) is 12.7. The van der Waals surface area contributed by atoms with Crippen molar-refractivity contribution < 1.29 is 32.3 Å². The number of nitrogens with zero attached hydrogens (tertiary/aromatic N) is 2. The van der Waals surface area contributed by atoms with Crippen molar-refractivity contribution in [3.05, 3.63) is 64.5 Å². The smallest absolute Gasteiger partial charge is 0.261 e. The first-order chi connectivity index (χ1) is 16.1. The summed E-state index contributed by atoms with van der Waals surface area (Å²) < 4.78 is 40.2. The molecule has 1 N–H and O–H groups in total. The lowest BCUT2D eigenvalue weighted by molar-refractivity contribution is -0.134. The highest BCUT2D eigenvalue weighted by Crippen LogP contribution is 2.24. The molecule has 1 aliphatic heterocycles. The molecule has 1 heterocycles. The third-order valence-corrected chi connectivity index (χ3v) is 5.39. The number of imide groups is 1. The van der Waals surface area contributed by atoms with Crippen LogP contribution < -0.4 is 5.32 Å². The minimum atomic E-state index is -1.71. The third-order valence-electron chi connectivity index (χ3n) is 5.39. The lowest BCUT2D eigenvalue weighted by Crippen LogP contribution is -2.39. The molecule has 0 aromatic heterocycles. The number of benzene rings is 2. The van der Waals surface area contributed by atoms with Gasteiger partial charge in [-0.3, -0.25) is 24.1 Å². The minimum Gasteiger partial charge on any atom is -0.333 e. The molecule has 2 aromatic carbocycles.